The van der Waals surface area contributed by atoms with Crippen LogP contribution in [0.25, 0.3) is 10.8 Å². The second-order valence-electron chi connectivity index (χ2n) is 7.66. The molecule has 0 spiro atoms. The van der Waals surface area contributed by atoms with Crippen LogP contribution in [0, 0.1) is 11.8 Å². The molecule has 0 saturated heterocycles. The zero-order valence-corrected chi connectivity index (χ0v) is 17.4. The van der Waals surface area contributed by atoms with Crippen molar-refractivity contribution in [3.8, 4) is 5.75 Å². The summed E-state index contributed by atoms with van der Waals surface area (Å²) in [6.07, 6.45) is 0.572. The van der Waals surface area contributed by atoms with E-state index in [9.17, 15) is 18.3 Å². The van der Waals surface area contributed by atoms with Gasteiger partial charge in [-0.2, -0.15) is 4.31 Å². The number of hydrogen-bond acceptors (Lipinski definition) is 5. The topological polar surface area (TPSA) is 107 Å². The zero-order chi connectivity index (χ0) is 21.1. The highest BCUT2D eigenvalue weighted by Gasteiger charge is 2.37. The molecule has 2 rings (SSSR count). The zero-order valence-electron chi connectivity index (χ0n) is 16.6. The van der Waals surface area contributed by atoms with Gasteiger partial charge in [-0.15, -0.1) is 0 Å². The fourth-order valence-corrected chi connectivity index (χ4v) is 4.90. The number of aromatic hydroxyl groups is 1. The van der Waals surface area contributed by atoms with Crippen molar-refractivity contribution < 1.29 is 23.5 Å². The van der Waals surface area contributed by atoms with Crippen LogP contribution in [0.15, 0.2) is 41.3 Å². The fraction of sp³-hybridized carbons (Fsp3) is 0.450. The molecule has 154 valence electrons. The van der Waals surface area contributed by atoms with Gasteiger partial charge in [-0.25, -0.2) is 13.9 Å². The number of sulfonamides is 1. The molecule has 3 N–H and O–H groups in total. The van der Waals surface area contributed by atoms with Crippen LogP contribution in [-0.4, -0.2) is 41.5 Å². The summed E-state index contributed by atoms with van der Waals surface area (Å²) in [5.41, 5.74) is 1.60. The summed E-state index contributed by atoms with van der Waals surface area (Å²) in [5, 5.41) is 20.1. The Bertz CT molecular complexity index is 941. The summed E-state index contributed by atoms with van der Waals surface area (Å²) in [4.78, 5) is 12.3. The van der Waals surface area contributed by atoms with E-state index in [0.717, 1.165) is 0 Å². The number of rotatable bonds is 8. The smallest absolute Gasteiger partial charge is 0.262 e. The Morgan fingerprint density at radius 2 is 1.68 bits per heavy atom. The Labute approximate surface area is 166 Å². The van der Waals surface area contributed by atoms with Crippen molar-refractivity contribution >= 4 is 26.7 Å². The van der Waals surface area contributed by atoms with E-state index < -0.39 is 22.0 Å². The molecule has 0 fully saturated rings. The first-order valence-corrected chi connectivity index (χ1v) is 10.7. The second-order valence-corrected chi connectivity index (χ2v) is 9.55. The minimum atomic E-state index is -4.00. The minimum absolute atomic E-state index is 0.0610. The van der Waals surface area contributed by atoms with Crippen molar-refractivity contribution in [1.29, 1.82) is 0 Å². The van der Waals surface area contributed by atoms with Crippen molar-refractivity contribution in [1.82, 2.24) is 9.79 Å². The standard InChI is InChI=1S/C20H28N2O5S/c1-13(2)9-10-22(19(14(3)4)20(24)21-25)28(26,27)18-8-6-15-11-17(23)7-5-16(15)12-18/h5-8,11-14,19,23,25H,9-10H2,1-4H3,(H,21,24). The van der Waals surface area contributed by atoms with Gasteiger partial charge in [0.1, 0.15) is 11.8 Å². The predicted molar refractivity (Wildman–Crippen MR) is 108 cm³/mol. The van der Waals surface area contributed by atoms with Gasteiger partial charge in [0.25, 0.3) is 5.91 Å². The molecule has 0 radical (unpaired) electrons. The predicted octanol–water partition coefficient (Wildman–Crippen LogP) is 3.11. The van der Waals surface area contributed by atoms with E-state index in [2.05, 4.69) is 0 Å². The van der Waals surface area contributed by atoms with Crippen molar-refractivity contribution in [2.75, 3.05) is 6.54 Å². The van der Waals surface area contributed by atoms with Crippen LogP contribution in [0.5, 0.6) is 5.75 Å². The van der Waals surface area contributed by atoms with Crippen molar-refractivity contribution in [2.24, 2.45) is 11.8 Å². The third-order valence-corrected chi connectivity index (χ3v) is 6.53. The van der Waals surface area contributed by atoms with E-state index in [1.54, 1.807) is 37.5 Å². The highest BCUT2D eigenvalue weighted by atomic mass is 32.2. The normalized spacial score (nSPS) is 13.4. The highest BCUT2D eigenvalue weighted by Crippen LogP contribution is 2.28. The summed E-state index contributed by atoms with van der Waals surface area (Å²) in [6, 6.07) is 8.27. The van der Waals surface area contributed by atoms with Crippen LogP contribution in [0.4, 0.5) is 0 Å². The largest absolute Gasteiger partial charge is 0.508 e. The molecule has 2 aromatic carbocycles. The maximum absolute atomic E-state index is 13.4. The Balaban J connectivity index is 2.55. The molecule has 0 aromatic heterocycles. The number of benzene rings is 2. The first kappa shape index (κ1) is 22.1. The first-order valence-electron chi connectivity index (χ1n) is 9.26. The maximum Gasteiger partial charge on any atom is 0.262 e. The molecule has 1 atom stereocenters. The number of fused-ring (bicyclic) bond motifs is 1. The first-order chi connectivity index (χ1) is 13.1. The van der Waals surface area contributed by atoms with E-state index in [0.29, 0.717) is 17.2 Å². The SMILES string of the molecule is CC(C)CCN(C(C(=O)NO)C(C)C)S(=O)(=O)c1ccc2cc(O)ccc2c1. The number of nitrogens with zero attached hydrogens (tertiary/aromatic N) is 1. The Morgan fingerprint density at radius 3 is 2.25 bits per heavy atom. The average Bonchev–Trinajstić information content (AvgIpc) is 2.63. The number of carbonyl (C=O) groups excluding carboxylic acids is 1. The molecule has 2 aromatic rings. The van der Waals surface area contributed by atoms with E-state index >= 15 is 0 Å². The molecule has 0 aliphatic rings. The van der Waals surface area contributed by atoms with Crippen molar-refractivity contribution in [2.45, 2.75) is 45.1 Å². The van der Waals surface area contributed by atoms with Gasteiger partial charge in [-0.1, -0.05) is 39.8 Å². The Hall–Kier alpha value is -2.16. The molecule has 0 aliphatic carbocycles. The average molecular weight is 409 g/mol. The number of carbonyl (C=O) groups is 1. The van der Waals surface area contributed by atoms with Crippen LogP contribution < -0.4 is 5.48 Å². The summed E-state index contributed by atoms with van der Waals surface area (Å²) in [7, 11) is -4.00. The van der Waals surface area contributed by atoms with Gasteiger partial charge in [0.2, 0.25) is 10.0 Å². The molecule has 7 nitrogen and oxygen atoms in total. The number of phenolic OH excluding ortho intramolecular Hbond substituents is 1. The van der Waals surface area contributed by atoms with E-state index in [4.69, 9.17) is 5.21 Å². The summed E-state index contributed by atoms with van der Waals surface area (Å²) in [6.45, 7) is 7.58. The van der Waals surface area contributed by atoms with Gasteiger partial charge in [0.15, 0.2) is 0 Å². The van der Waals surface area contributed by atoms with Gasteiger partial charge >= 0.3 is 0 Å². The number of hydroxylamine groups is 1. The number of hydrogen-bond donors (Lipinski definition) is 3. The van der Waals surface area contributed by atoms with Gasteiger partial charge < -0.3 is 5.11 Å². The van der Waals surface area contributed by atoms with Crippen LogP contribution in [-0.2, 0) is 14.8 Å². The molecule has 28 heavy (non-hydrogen) atoms. The van der Waals surface area contributed by atoms with Crippen molar-refractivity contribution in [3.63, 3.8) is 0 Å². The van der Waals surface area contributed by atoms with Crippen LogP contribution in [0.2, 0.25) is 0 Å². The van der Waals surface area contributed by atoms with E-state index in [-0.39, 0.29) is 29.0 Å². The monoisotopic (exact) mass is 408 g/mol. The summed E-state index contributed by atoms with van der Waals surface area (Å²) >= 11 is 0. The Kier molecular flexibility index (Phi) is 7.03. The van der Waals surface area contributed by atoms with Gasteiger partial charge in [0, 0.05) is 6.54 Å². The van der Waals surface area contributed by atoms with Gasteiger partial charge in [-0.05, 0) is 53.3 Å². The molecule has 0 saturated carbocycles. The van der Waals surface area contributed by atoms with Gasteiger partial charge in [-0.3, -0.25) is 10.0 Å². The quantitative estimate of drug-likeness (QED) is 0.460. The molecule has 0 aliphatic heterocycles. The molecule has 0 bridgehead atoms. The summed E-state index contributed by atoms with van der Waals surface area (Å²) in [5.74, 6) is -0.761. The third kappa shape index (κ3) is 4.81. The summed E-state index contributed by atoms with van der Waals surface area (Å²) < 4.78 is 28.0. The highest BCUT2D eigenvalue weighted by molar-refractivity contribution is 7.89. The number of phenols is 1. The maximum atomic E-state index is 13.4. The molecular formula is C20H28N2O5S. The van der Waals surface area contributed by atoms with Crippen LogP contribution in [0.1, 0.15) is 34.1 Å². The Morgan fingerprint density at radius 1 is 1.07 bits per heavy atom. The fourth-order valence-electron chi connectivity index (χ4n) is 3.13. The van der Waals surface area contributed by atoms with Gasteiger partial charge in [0.05, 0.1) is 4.90 Å². The lowest BCUT2D eigenvalue weighted by Crippen LogP contribution is -2.52. The second kappa shape index (κ2) is 8.89. The van der Waals surface area contributed by atoms with Crippen LogP contribution in [0.3, 0.4) is 0 Å². The lowest BCUT2D eigenvalue weighted by Gasteiger charge is -2.32. The molecule has 1 unspecified atom stereocenters. The number of amides is 1. The lowest BCUT2D eigenvalue weighted by atomic mass is 10.0. The van der Waals surface area contributed by atoms with E-state index in [1.807, 2.05) is 13.8 Å². The number of nitrogens with one attached hydrogen (secondary N) is 1. The van der Waals surface area contributed by atoms with Crippen molar-refractivity contribution in [3.05, 3.63) is 36.4 Å². The molecule has 1 amide bonds. The van der Waals surface area contributed by atoms with Crippen LogP contribution >= 0.6 is 0 Å². The molecule has 8 heteroatoms. The molecule has 0 heterocycles. The minimum Gasteiger partial charge on any atom is -0.508 e. The third-order valence-electron chi connectivity index (χ3n) is 4.65. The van der Waals surface area contributed by atoms with E-state index in [1.165, 1.54) is 22.5 Å². The molecular weight excluding hydrogens is 380 g/mol. The lowest BCUT2D eigenvalue weighted by molar-refractivity contribution is -0.134.